The first-order valence-corrected chi connectivity index (χ1v) is 8.07. The molecule has 124 valence electrons. The van der Waals surface area contributed by atoms with Crippen LogP contribution in [0.4, 0.5) is 0 Å². The third-order valence-corrected chi connectivity index (χ3v) is 5.30. The predicted molar refractivity (Wildman–Crippen MR) is 88.6 cm³/mol. The molecule has 23 heavy (non-hydrogen) atoms. The average molecular weight is 317 g/mol. The highest BCUT2D eigenvalue weighted by atomic mass is 16.7. The molecule has 5 nitrogen and oxygen atoms in total. The van der Waals surface area contributed by atoms with E-state index in [2.05, 4.69) is 12.1 Å². The van der Waals surface area contributed by atoms with E-state index in [9.17, 15) is 4.79 Å². The highest BCUT2D eigenvalue weighted by Gasteiger charge is 2.51. The Kier molecular flexibility index (Phi) is 4.03. The summed E-state index contributed by atoms with van der Waals surface area (Å²) >= 11 is 0. The monoisotopic (exact) mass is 317 g/mol. The quantitative estimate of drug-likeness (QED) is 0.842. The van der Waals surface area contributed by atoms with Gasteiger partial charge in [-0.25, -0.2) is 0 Å². The van der Waals surface area contributed by atoms with Crippen LogP contribution >= 0.6 is 0 Å². The minimum atomic E-state index is -0.409. The predicted octanol–water partition coefficient (Wildman–Crippen LogP) is 0.904. The summed E-state index contributed by atoms with van der Waals surface area (Å²) in [6.45, 7) is 9.12. The molecule has 2 heterocycles. The number of hydrogen-bond acceptors (Lipinski definition) is 4. The lowest BCUT2D eigenvalue weighted by Gasteiger charge is -2.39. The average Bonchev–Trinajstić information content (AvgIpc) is 2.66. The summed E-state index contributed by atoms with van der Waals surface area (Å²) in [5, 5.41) is 8.85. The Balaban J connectivity index is 1.64. The number of hydrogen-bond donors (Lipinski definition) is 1. The van der Waals surface area contributed by atoms with Crippen LogP contribution in [-0.4, -0.2) is 53.9 Å². The summed E-state index contributed by atoms with van der Waals surface area (Å²) in [5.41, 5.74) is 1.53. The SMILES string of the molecule is CC1(C)OB(c2ccc(C3CN(C(=O)CO)C3)cc2)OC1(C)C. The topological polar surface area (TPSA) is 59.0 Å². The first-order valence-electron chi connectivity index (χ1n) is 8.07. The van der Waals surface area contributed by atoms with E-state index in [0.29, 0.717) is 19.0 Å². The highest BCUT2D eigenvalue weighted by Crippen LogP contribution is 2.36. The third-order valence-electron chi connectivity index (χ3n) is 5.30. The molecule has 2 saturated heterocycles. The van der Waals surface area contributed by atoms with Gasteiger partial charge in [-0.2, -0.15) is 0 Å². The second kappa shape index (κ2) is 5.62. The molecular weight excluding hydrogens is 293 g/mol. The number of nitrogens with zero attached hydrogens (tertiary/aromatic N) is 1. The van der Waals surface area contributed by atoms with Crippen LogP contribution in [0.1, 0.15) is 39.2 Å². The molecule has 0 bridgehead atoms. The van der Waals surface area contributed by atoms with Crippen molar-refractivity contribution in [2.45, 2.75) is 44.8 Å². The molecule has 1 aromatic rings. The van der Waals surface area contributed by atoms with Gasteiger partial charge >= 0.3 is 7.12 Å². The minimum absolute atomic E-state index is 0.199. The maximum absolute atomic E-state index is 11.4. The Morgan fingerprint density at radius 3 is 2.17 bits per heavy atom. The van der Waals surface area contributed by atoms with Crippen LogP contribution in [0.5, 0.6) is 0 Å². The Morgan fingerprint density at radius 1 is 1.17 bits per heavy atom. The Morgan fingerprint density at radius 2 is 1.70 bits per heavy atom. The van der Waals surface area contributed by atoms with Gasteiger partial charge in [0.05, 0.1) is 11.2 Å². The van der Waals surface area contributed by atoms with E-state index < -0.39 is 6.61 Å². The molecule has 1 aromatic carbocycles. The van der Waals surface area contributed by atoms with Crippen LogP contribution in [0.3, 0.4) is 0 Å². The fraction of sp³-hybridized carbons (Fsp3) is 0.588. The van der Waals surface area contributed by atoms with Crippen LogP contribution in [0.25, 0.3) is 0 Å². The summed E-state index contributed by atoms with van der Waals surface area (Å²) in [6.07, 6.45) is 0. The Hall–Kier alpha value is -1.37. The number of likely N-dealkylation sites (tertiary alicyclic amines) is 1. The van der Waals surface area contributed by atoms with E-state index >= 15 is 0 Å². The molecule has 2 aliphatic heterocycles. The van der Waals surface area contributed by atoms with Crippen molar-refractivity contribution in [2.75, 3.05) is 19.7 Å². The molecule has 2 fully saturated rings. The first-order chi connectivity index (χ1) is 10.7. The highest BCUT2D eigenvalue weighted by molar-refractivity contribution is 6.62. The molecule has 0 saturated carbocycles. The molecule has 0 aliphatic carbocycles. The van der Waals surface area contributed by atoms with Crippen LogP contribution in [0.15, 0.2) is 24.3 Å². The van der Waals surface area contributed by atoms with Crippen LogP contribution in [0, 0.1) is 0 Å². The number of aliphatic hydroxyl groups is 1. The molecule has 6 heteroatoms. The van der Waals surface area contributed by atoms with Gasteiger partial charge in [0.25, 0.3) is 0 Å². The summed E-state index contributed by atoms with van der Waals surface area (Å²) in [7, 11) is -0.345. The van der Waals surface area contributed by atoms with Crippen molar-refractivity contribution in [3.63, 3.8) is 0 Å². The summed E-state index contributed by atoms with van der Waals surface area (Å²) < 4.78 is 12.1. The van der Waals surface area contributed by atoms with E-state index in [-0.39, 0.29) is 24.2 Å². The molecule has 0 spiro atoms. The molecule has 2 aliphatic rings. The maximum Gasteiger partial charge on any atom is 0.494 e. The van der Waals surface area contributed by atoms with Crippen molar-refractivity contribution >= 4 is 18.5 Å². The van der Waals surface area contributed by atoms with E-state index in [1.165, 1.54) is 5.56 Å². The van der Waals surface area contributed by atoms with Crippen molar-refractivity contribution in [3.05, 3.63) is 29.8 Å². The normalized spacial score (nSPS) is 23.0. The van der Waals surface area contributed by atoms with Gasteiger partial charge in [0, 0.05) is 19.0 Å². The van der Waals surface area contributed by atoms with Crippen molar-refractivity contribution < 1.29 is 19.2 Å². The van der Waals surface area contributed by atoms with Gasteiger partial charge in [-0.1, -0.05) is 24.3 Å². The molecule has 0 unspecified atom stereocenters. The molecule has 0 atom stereocenters. The number of amides is 1. The largest absolute Gasteiger partial charge is 0.494 e. The van der Waals surface area contributed by atoms with Gasteiger partial charge in [-0.3, -0.25) is 4.79 Å². The lowest BCUT2D eigenvalue weighted by atomic mass is 9.78. The van der Waals surface area contributed by atoms with Crippen molar-refractivity contribution in [1.82, 2.24) is 4.90 Å². The fourth-order valence-corrected chi connectivity index (χ4v) is 2.90. The number of rotatable bonds is 3. The van der Waals surface area contributed by atoms with Gasteiger partial charge in [0.1, 0.15) is 6.61 Å². The maximum atomic E-state index is 11.4. The zero-order chi connectivity index (χ0) is 16.8. The van der Waals surface area contributed by atoms with Crippen LogP contribution in [0.2, 0.25) is 0 Å². The Bertz CT molecular complexity index is 577. The van der Waals surface area contributed by atoms with Crippen molar-refractivity contribution in [2.24, 2.45) is 0 Å². The molecule has 3 rings (SSSR count). The first kappa shape index (κ1) is 16.5. The van der Waals surface area contributed by atoms with Crippen LogP contribution in [-0.2, 0) is 14.1 Å². The van der Waals surface area contributed by atoms with Gasteiger partial charge < -0.3 is 19.3 Å². The van der Waals surface area contributed by atoms with E-state index in [4.69, 9.17) is 14.4 Å². The zero-order valence-corrected chi connectivity index (χ0v) is 14.2. The second-order valence-electron chi connectivity index (χ2n) is 7.41. The molecule has 1 amide bonds. The second-order valence-corrected chi connectivity index (χ2v) is 7.41. The molecule has 0 radical (unpaired) electrons. The standard InChI is InChI=1S/C17H24BNO4/c1-16(2)17(3,4)23-18(22-16)14-7-5-12(6-8-14)13-9-19(10-13)15(21)11-20/h5-8,13,20H,9-11H2,1-4H3. The number of carbonyl (C=O) groups excluding carboxylic acids is 1. The lowest BCUT2D eigenvalue weighted by Crippen LogP contribution is -2.49. The Labute approximate surface area is 137 Å². The molecule has 1 N–H and O–H groups in total. The fourth-order valence-electron chi connectivity index (χ4n) is 2.90. The summed E-state index contributed by atoms with van der Waals surface area (Å²) in [4.78, 5) is 13.0. The number of benzene rings is 1. The zero-order valence-electron chi connectivity index (χ0n) is 14.2. The smallest absolute Gasteiger partial charge is 0.399 e. The lowest BCUT2D eigenvalue weighted by molar-refractivity contribution is -0.138. The van der Waals surface area contributed by atoms with Crippen molar-refractivity contribution in [1.29, 1.82) is 0 Å². The molecule has 0 aromatic heterocycles. The molecular formula is C17H24BNO4. The number of carbonyl (C=O) groups is 1. The number of aliphatic hydroxyl groups excluding tert-OH is 1. The van der Waals surface area contributed by atoms with Gasteiger partial charge in [-0.15, -0.1) is 0 Å². The van der Waals surface area contributed by atoms with E-state index in [1.54, 1.807) is 4.90 Å². The van der Waals surface area contributed by atoms with E-state index in [1.807, 2.05) is 39.8 Å². The van der Waals surface area contributed by atoms with Gasteiger partial charge in [0.2, 0.25) is 5.91 Å². The summed E-state index contributed by atoms with van der Waals surface area (Å²) in [6, 6.07) is 8.22. The van der Waals surface area contributed by atoms with E-state index in [0.717, 1.165) is 5.46 Å². The summed E-state index contributed by atoms with van der Waals surface area (Å²) in [5.74, 6) is 0.146. The minimum Gasteiger partial charge on any atom is -0.399 e. The van der Waals surface area contributed by atoms with Crippen molar-refractivity contribution in [3.8, 4) is 0 Å². The third kappa shape index (κ3) is 2.91. The van der Waals surface area contributed by atoms with Gasteiger partial charge in [-0.05, 0) is 38.7 Å². The van der Waals surface area contributed by atoms with Gasteiger partial charge in [0.15, 0.2) is 0 Å². The van der Waals surface area contributed by atoms with Crippen LogP contribution < -0.4 is 5.46 Å².